The van der Waals surface area contributed by atoms with E-state index in [0.29, 0.717) is 16.5 Å². The van der Waals surface area contributed by atoms with Gasteiger partial charge in [0.25, 0.3) is 11.8 Å². The number of imide groups is 1. The van der Waals surface area contributed by atoms with Crippen molar-refractivity contribution in [3.05, 3.63) is 29.3 Å². The van der Waals surface area contributed by atoms with Crippen molar-refractivity contribution in [2.24, 2.45) is 0 Å². The number of phenolic OH excluding ortho intramolecular Hbond substituents is 2. The SMILES string of the molecule is COc1ccc2c(O)c3c(c(O)c2c1)C(=O)N(C1CCCCC1)C3=O. The molecule has 1 heterocycles. The molecule has 0 radical (unpaired) electrons. The van der Waals surface area contributed by atoms with Gasteiger partial charge in [0, 0.05) is 16.8 Å². The van der Waals surface area contributed by atoms with Crippen molar-refractivity contribution in [1.29, 1.82) is 0 Å². The lowest BCUT2D eigenvalue weighted by Gasteiger charge is -2.29. The van der Waals surface area contributed by atoms with Crippen LogP contribution in [0.4, 0.5) is 0 Å². The van der Waals surface area contributed by atoms with Crippen molar-refractivity contribution in [3.63, 3.8) is 0 Å². The molecule has 2 aliphatic rings. The summed E-state index contributed by atoms with van der Waals surface area (Å²) in [7, 11) is 1.49. The Morgan fingerprint density at radius 1 is 0.960 bits per heavy atom. The van der Waals surface area contributed by atoms with Crippen molar-refractivity contribution in [1.82, 2.24) is 4.90 Å². The number of ether oxygens (including phenoxy) is 1. The molecule has 4 rings (SSSR count). The van der Waals surface area contributed by atoms with E-state index in [4.69, 9.17) is 4.74 Å². The van der Waals surface area contributed by atoms with Gasteiger partial charge in [-0.25, -0.2) is 0 Å². The maximum Gasteiger partial charge on any atom is 0.265 e. The Hall–Kier alpha value is -2.76. The summed E-state index contributed by atoms with van der Waals surface area (Å²) in [6.07, 6.45) is 4.56. The Labute approximate surface area is 144 Å². The number of methoxy groups -OCH3 is 1. The first-order valence-corrected chi connectivity index (χ1v) is 8.48. The fourth-order valence-corrected chi connectivity index (χ4v) is 3.98. The number of benzene rings is 2. The molecule has 2 N–H and O–H groups in total. The van der Waals surface area contributed by atoms with Crippen LogP contribution in [0.1, 0.15) is 52.8 Å². The van der Waals surface area contributed by atoms with E-state index in [1.165, 1.54) is 12.0 Å². The van der Waals surface area contributed by atoms with Gasteiger partial charge in [-0.3, -0.25) is 14.5 Å². The fourth-order valence-electron chi connectivity index (χ4n) is 3.98. The van der Waals surface area contributed by atoms with Crippen molar-refractivity contribution in [3.8, 4) is 17.2 Å². The molecule has 6 heteroatoms. The Morgan fingerprint density at radius 2 is 1.56 bits per heavy atom. The van der Waals surface area contributed by atoms with Crippen LogP contribution in [0.5, 0.6) is 17.2 Å². The molecule has 6 nitrogen and oxygen atoms in total. The van der Waals surface area contributed by atoms with Crippen LogP contribution in [-0.2, 0) is 0 Å². The van der Waals surface area contributed by atoms with Gasteiger partial charge in [0.1, 0.15) is 17.2 Å². The van der Waals surface area contributed by atoms with Crippen LogP contribution in [-0.4, -0.2) is 40.1 Å². The quantitative estimate of drug-likeness (QED) is 0.647. The highest BCUT2D eigenvalue weighted by Gasteiger charge is 2.44. The number of carbonyl (C=O) groups excluding carboxylic acids is 2. The summed E-state index contributed by atoms with van der Waals surface area (Å²) >= 11 is 0. The van der Waals surface area contributed by atoms with Gasteiger partial charge < -0.3 is 14.9 Å². The second kappa shape index (κ2) is 5.65. The lowest BCUT2D eigenvalue weighted by Crippen LogP contribution is -2.40. The molecule has 1 aliphatic heterocycles. The van der Waals surface area contributed by atoms with Gasteiger partial charge in [0.05, 0.1) is 18.2 Å². The molecule has 0 unspecified atom stereocenters. The molecule has 2 aromatic carbocycles. The number of hydrogen-bond acceptors (Lipinski definition) is 5. The molecule has 0 bridgehead atoms. The minimum Gasteiger partial charge on any atom is -0.506 e. The normalized spacial score (nSPS) is 18.0. The molecule has 0 atom stereocenters. The lowest BCUT2D eigenvalue weighted by molar-refractivity contribution is 0.0547. The number of rotatable bonds is 2. The van der Waals surface area contributed by atoms with Crippen LogP contribution in [0.2, 0.25) is 0 Å². The fraction of sp³-hybridized carbons (Fsp3) is 0.368. The number of carbonyl (C=O) groups is 2. The maximum atomic E-state index is 12.9. The highest BCUT2D eigenvalue weighted by atomic mass is 16.5. The van der Waals surface area contributed by atoms with E-state index in [0.717, 1.165) is 32.1 Å². The van der Waals surface area contributed by atoms with E-state index < -0.39 is 11.8 Å². The molecule has 1 aliphatic carbocycles. The van der Waals surface area contributed by atoms with E-state index in [1.807, 2.05) is 0 Å². The molecular formula is C19H19NO5. The Balaban J connectivity index is 1.91. The maximum absolute atomic E-state index is 12.9. The molecule has 2 aromatic rings. The summed E-state index contributed by atoms with van der Waals surface area (Å²) in [6, 6.07) is 4.59. The summed E-state index contributed by atoms with van der Waals surface area (Å²) in [6.45, 7) is 0. The summed E-state index contributed by atoms with van der Waals surface area (Å²) in [4.78, 5) is 27.0. The zero-order valence-corrected chi connectivity index (χ0v) is 13.9. The molecule has 1 fully saturated rings. The molecule has 2 amide bonds. The van der Waals surface area contributed by atoms with Crippen molar-refractivity contribution in [2.45, 2.75) is 38.1 Å². The summed E-state index contributed by atoms with van der Waals surface area (Å²) in [5, 5.41) is 21.9. The largest absolute Gasteiger partial charge is 0.506 e. The third-order valence-corrected chi connectivity index (χ3v) is 5.27. The topological polar surface area (TPSA) is 87.1 Å². The summed E-state index contributed by atoms with van der Waals surface area (Å²) in [5.74, 6) is -1.09. The van der Waals surface area contributed by atoms with Crippen LogP contribution >= 0.6 is 0 Å². The Bertz CT molecular complexity index is 899. The van der Waals surface area contributed by atoms with Crippen LogP contribution in [0.3, 0.4) is 0 Å². The van der Waals surface area contributed by atoms with Gasteiger partial charge in [0.2, 0.25) is 0 Å². The standard InChI is InChI=1S/C19H19NO5/c1-25-11-7-8-12-13(9-11)17(22)15-14(16(12)21)18(23)20(19(15)24)10-5-3-2-4-6-10/h7-10,21-22H,2-6H2,1H3. The molecule has 1 saturated carbocycles. The summed E-state index contributed by atoms with van der Waals surface area (Å²) < 4.78 is 5.15. The second-order valence-corrected chi connectivity index (χ2v) is 6.63. The molecule has 0 saturated heterocycles. The molecular weight excluding hydrogens is 322 g/mol. The number of fused-ring (bicyclic) bond motifs is 2. The van der Waals surface area contributed by atoms with Gasteiger partial charge in [-0.1, -0.05) is 19.3 Å². The van der Waals surface area contributed by atoms with Crippen molar-refractivity contribution >= 4 is 22.6 Å². The number of hydrogen-bond donors (Lipinski definition) is 2. The first kappa shape index (κ1) is 15.7. The highest BCUT2D eigenvalue weighted by molar-refractivity contribution is 6.27. The number of phenols is 2. The monoisotopic (exact) mass is 341 g/mol. The predicted molar refractivity (Wildman–Crippen MR) is 91.2 cm³/mol. The van der Waals surface area contributed by atoms with Crippen LogP contribution < -0.4 is 4.74 Å². The van der Waals surface area contributed by atoms with E-state index >= 15 is 0 Å². The minimum atomic E-state index is -0.524. The smallest absolute Gasteiger partial charge is 0.265 e. The van der Waals surface area contributed by atoms with Gasteiger partial charge in [-0.05, 0) is 31.0 Å². The van der Waals surface area contributed by atoms with E-state index in [9.17, 15) is 19.8 Å². The molecule has 25 heavy (non-hydrogen) atoms. The first-order valence-electron chi connectivity index (χ1n) is 8.48. The lowest BCUT2D eigenvalue weighted by atomic mass is 9.94. The van der Waals surface area contributed by atoms with Crippen LogP contribution in [0.15, 0.2) is 18.2 Å². The second-order valence-electron chi connectivity index (χ2n) is 6.63. The van der Waals surface area contributed by atoms with Gasteiger partial charge >= 0.3 is 0 Å². The van der Waals surface area contributed by atoms with E-state index in [1.54, 1.807) is 18.2 Å². The average Bonchev–Trinajstić information content (AvgIpc) is 2.91. The van der Waals surface area contributed by atoms with Gasteiger partial charge in [-0.15, -0.1) is 0 Å². The number of amides is 2. The molecule has 0 aromatic heterocycles. The first-order chi connectivity index (χ1) is 12.0. The Kier molecular flexibility index (Phi) is 3.56. The van der Waals surface area contributed by atoms with Crippen LogP contribution in [0.25, 0.3) is 10.8 Å². The van der Waals surface area contributed by atoms with E-state index in [-0.39, 0.29) is 28.7 Å². The molecule has 130 valence electrons. The Morgan fingerprint density at radius 3 is 2.16 bits per heavy atom. The van der Waals surface area contributed by atoms with Crippen molar-refractivity contribution < 1.29 is 24.5 Å². The van der Waals surface area contributed by atoms with E-state index in [2.05, 4.69) is 0 Å². The summed E-state index contributed by atoms with van der Waals surface area (Å²) in [5.41, 5.74) is -0.195. The third-order valence-electron chi connectivity index (χ3n) is 5.27. The van der Waals surface area contributed by atoms with Gasteiger partial charge in [-0.2, -0.15) is 0 Å². The number of nitrogens with zero attached hydrogens (tertiary/aromatic N) is 1. The highest BCUT2D eigenvalue weighted by Crippen LogP contribution is 2.45. The average molecular weight is 341 g/mol. The minimum absolute atomic E-state index is 0.0919. The molecule has 0 spiro atoms. The third kappa shape index (κ3) is 2.17. The van der Waals surface area contributed by atoms with Crippen LogP contribution in [0, 0.1) is 0 Å². The number of aromatic hydroxyl groups is 2. The zero-order chi connectivity index (χ0) is 17.7. The van der Waals surface area contributed by atoms with Crippen molar-refractivity contribution in [2.75, 3.05) is 7.11 Å². The van der Waals surface area contributed by atoms with Gasteiger partial charge in [0.15, 0.2) is 0 Å². The zero-order valence-electron chi connectivity index (χ0n) is 13.9. The predicted octanol–water partition coefficient (Wildman–Crippen LogP) is 3.19.